The third kappa shape index (κ3) is 4.62. The molecule has 3 aromatic rings. The topological polar surface area (TPSA) is 131 Å². The van der Waals surface area contributed by atoms with Crippen molar-refractivity contribution in [3.05, 3.63) is 77.2 Å². The Morgan fingerprint density at radius 2 is 1.63 bits per heavy atom. The number of ether oxygens (including phenoxy) is 1. The zero-order chi connectivity index (χ0) is 25.0. The van der Waals surface area contributed by atoms with Gasteiger partial charge in [-0.15, -0.1) is 0 Å². The van der Waals surface area contributed by atoms with E-state index in [-0.39, 0.29) is 43.2 Å². The maximum atomic E-state index is 12.7. The van der Waals surface area contributed by atoms with E-state index in [0.717, 1.165) is 28.5 Å². The average molecular weight is 478 g/mol. The van der Waals surface area contributed by atoms with Gasteiger partial charge in [0.25, 0.3) is 5.91 Å². The molecule has 1 aliphatic carbocycles. The van der Waals surface area contributed by atoms with E-state index in [0.29, 0.717) is 0 Å². The van der Waals surface area contributed by atoms with Gasteiger partial charge in [-0.3, -0.25) is 4.79 Å². The summed E-state index contributed by atoms with van der Waals surface area (Å²) in [5.74, 6) is -1.83. The summed E-state index contributed by atoms with van der Waals surface area (Å²) in [6.07, 6.45) is 0.886. The number of carboxylic acids is 1. The molecule has 1 aromatic heterocycles. The first-order valence-corrected chi connectivity index (χ1v) is 11.5. The van der Waals surface area contributed by atoms with Crippen LogP contribution in [0.1, 0.15) is 59.8 Å². The zero-order valence-corrected chi connectivity index (χ0v) is 19.5. The molecular weight excluding hydrogens is 450 g/mol. The maximum Gasteiger partial charge on any atom is 0.407 e. The quantitative estimate of drug-likeness (QED) is 0.423. The number of carbonyl (C=O) groups is 3. The second kappa shape index (κ2) is 10.0. The number of alkyl carbamates (subject to hydrolysis) is 1. The monoisotopic (exact) mass is 477 g/mol. The fourth-order valence-electron chi connectivity index (χ4n) is 4.44. The lowest BCUT2D eigenvalue weighted by Crippen LogP contribution is -2.53. The molecule has 0 saturated heterocycles. The summed E-state index contributed by atoms with van der Waals surface area (Å²) >= 11 is 0. The number of carboxylic acid groups (broad SMARTS) is 1. The van der Waals surface area contributed by atoms with Crippen LogP contribution < -0.4 is 10.6 Å². The molecule has 2 amide bonds. The SMILES string of the molecule is CCC(CC)(NC(=O)c1conc1CNC(=O)OCC1c2ccccc2-c2ccccc21)C(=O)O. The summed E-state index contributed by atoms with van der Waals surface area (Å²) in [6, 6.07) is 16.1. The summed E-state index contributed by atoms with van der Waals surface area (Å²) in [7, 11) is 0. The second-order valence-electron chi connectivity index (χ2n) is 8.40. The van der Waals surface area contributed by atoms with E-state index in [4.69, 9.17) is 9.26 Å². The molecule has 0 unspecified atom stereocenters. The van der Waals surface area contributed by atoms with Gasteiger partial charge in [-0.05, 0) is 35.1 Å². The number of aliphatic carboxylic acids is 1. The molecule has 3 N–H and O–H groups in total. The van der Waals surface area contributed by atoms with Crippen LogP contribution in [0.5, 0.6) is 0 Å². The molecule has 0 aliphatic heterocycles. The van der Waals surface area contributed by atoms with Crippen molar-refractivity contribution in [2.75, 3.05) is 6.61 Å². The standard InChI is InChI=1S/C26H27N3O6/c1-3-26(4-2,24(31)32)28-23(30)21-15-35-29-22(21)13-27-25(33)34-14-20-18-11-7-5-9-16(18)17-10-6-8-12-19(17)20/h5-12,15,20H,3-4,13-14H2,1-2H3,(H,27,33)(H,28,30)(H,31,32). The Labute approximate surface area is 202 Å². The van der Waals surface area contributed by atoms with E-state index in [9.17, 15) is 19.5 Å². The minimum atomic E-state index is -1.40. The highest BCUT2D eigenvalue weighted by Gasteiger charge is 2.37. The molecule has 2 aromatic carbocycles. The summed E-state index contributed by atoms with van der Waals surface area (Å²) < 4.78 is 10.4. The smallest absolute Gasteiger partial charge is 0.407 e. The van der Waals surface area contributed by atoms with Gasteiger partial charge in [0.05, 0.1) is 6.54 Å². The van der Waals surface area contributed by atoms with Crippen LogP contribution in [0, 0.1) is 0 Å². The van der Waals surface area contributed by atoms with Crippen molar-refractivity contribution in [1.82, 2.24) is 15.8 Å². The van der Waals surface area contributed by atoms with Gasteiger partial charge in [0, 0.05) is 5.92 Å². The van der Waals surface area contributed by atoms with E-state index in [1.54, 1.807) is 13.8 Å². The predicted octanol–water partition coefficient (Wildman–Crippen LogP) is 4.09. The third-order valence-corrected chi connectivity index (χ3v) is 6.60. The van der Waals surface area contributed by atoms with Crippen molar-refractivity contribution in [1.29, 1.82) is 0 Å². The predicted molar refractivity (Wildman–Crippen MR) is 127 cm³/mol. The Balaban J connectivity index is 1.38. The number of carbonyl (C=O) groups excluding carboxylic acids is 2. The molecule has 0 fully saturated rings. The Kier molecular flexibility index (Phi) is 6.86. The lowest BCUT2D eigenvalue weighted by Gasteiger charge is -2.27. The van der Waals surface area contributed by atoms with Crippen LogP contribution in [0.4, 0.5) is 4.79 Å². The zero-order valence-electron chi connectivity index (χ0n) is 19.5. The average Bonchev–Trinajstić information content (AvgIpc) is 3.47. The van der Waals surface area contributed by atoms with Crippen molar-refractivity contribution in [2.45, 2.75) is 44.7 Å². The number of rotatable bonds is 9. The highest BCUT2D eigenvalue weighted by molar-refractivity contribution is 5.98. The number of hydrogen-bond donors (Lipinski definition) is 3. The highest BCUT2D eigenvalue weighted by atomic mass is 16.5. The molecule has 0 atom stereocenters. The van der Waals surface area contributed by atoms with Gasteiger partial charge in [-0.25, -0.2) is 9.59 Å². The van der Waals surface area contributed by atoms with Crippen molar-refractivity contribution in [2.24, 2.45) is 0 Å². The molecule has 182 valence electrons. The summed E-state index contributed by atoms with van der Waals surface area (Å²) in [5.41, 5.74) is 3.29. The molecule has 9 nitrogen and oxygen atoms in total. The lowest BCUT2D eigenvalue weighted by molar-refractivity contribution is -0.144. The first-order valence-electron chi connectivity index (χ1n) is 11.5. The molecule has 0 spiro atoms. The van der Waals surface area contributed by atoms with E-state index in [2.05, 4.69) is 27.9 Å². The van der Waals surface area contributed by atoms with Crippen LogP contribution in [-0.2, 0) is 16.1 Å². The maximum absolute atomic E-state index is 12.7. The van der Waals surface area contributed by atoms with Gasteiger partial charge in [0.2, 0.25) is 0 Å². The van der Waals surface area contributed by atoms with E-state index in [1.165, 1.54) is 0 Å². The van der Waals surface area contributed by atoms with Crippen LogP contribution in [0.15, 0.2) is 59.3 Å². The molecule has 0 saturated carbocycles. The van der Waals surface area contributed by atoms with Gasteiger partial charge in [0.1, 0.15) is 29.7 Å². The molecule has 1 aliphatic rings. The summed E-state index contributed by atoms with van der Waals surface area (Å²) in [5, 5.41) is 18.5. The van der Waals surface area contributed by atoms with Gasteiger partial charge in [-0.1, -0.05) is 67.5 Å². The third-order valence-electron chi connectivity index (χ3n) is 6.60. The Bertz CT molecular complexity index is 1200. The first-order chi connectivity index (χ1) is 16.9. The summed E-state index contributed by atoms with van der Waals surface area (Å²) in [4.78, 5) is 36.9. The molecule has 9 heteroatoms. The Morgan fingerprint density at radius 3 is 2.20 bits per heavy atom. The Morgan fingerprint density at radius 1 is 1.03 bits per heavy atom. The van der Waals surface area contributed by atoms with Crippen LogP contribution in [-0.4, -0.2) is 40.4 Å². The second-order valence-corrected chi connectivity index (χ2v) is 8.40. The van der Waals surface area contributed by atoms with Crippen molar-refractivity contribution < 1.29 is 28.8 Å². The number of hydrogen-bond acceptors (Lipinski definition) is 6. The number of aromatic nitrogens is 1. The van der Waals surface area contributed by atoms with Gasteiger partial charge in [0.15, 0.2) is 0 Å². The number of benzene rings is 2. The molecular formula is C26H27N3O6. The lowest BCUT2D eigenvalue weighted by atomic mass is 9.92. The molecule has 0 bridgehead atoms. The minimum Gasteiger partial charge on any atom is -0.480 e. The van der Waals surface area contributed by atoms with Crippen molar-refractivity contribution in [3.8, 4) is 11.1 Å². The number of fused-ring (bicyclic) bond motifs is 3. The Hall–Kier alpha value is -4.14. The number of nitrogens with one attached hydrogen (secondary N) is 2. The largest absolute Gasteiger partial charge is 0.480 e. The normalized spacial score (nSPS) is 12.5. The van der Waals surface area contributed by atoms with Crippen LogP contribution in [0.25, 0.3) is 11.1 Å². The van der Waals surface area contributed by atoms with Crippen molar-refractivity contribution >= 4 is 18.0 Å². The molecule has 0 radical (unpaired) electrons. The summed E-state index contributed by atoms with van der Waals surface area (Å²) in [6.45, 7) is 3.41. The number of amides is 2. The van der Waals surface area contributed by atoms with Gasteiger partial charge in [-0.2, -0.15) is 0 Å². The molecule has 4 rings (SSSR count). The van der Waals surface area contributed by atoms with Crippen LogP contribution >= 0.6 is 0 Å². The van der Waals surface area contributed by atoms with E-state index < -0.39 is 23.5 Å². The molecule has 35 heavy (non-hydrogen) atoms. The number of nitrogens with zero attached hydrogens (tertiary/aromatic N) is 1. The minimum absolute atomic E-state index is 0.0523. The fraction of sp³-hybridized carbons (Fsp3) is 0.308. The highest BCUT2D eigenvalue weighted by Crippen LogP contribution is 2.44. The van der Waals surface area contributed by atoms with Crippen molar-refractivity contribution in [3.63, 3.8) is 0 Å². The first kappa shape index (κ1) is 24.0. The van der Waals surface area contributed by atoms with Gasteiger partial charge < -0.3 is 25.0 Å². The van der Waals surface area contributed by atoms with Crippen LogP contribution in [0.3, 0.4) is 0 Å². The van der Waals surface area contributed by atoms with E-state index >= 15 is 0 Å². The van der Waals surface area contributed by atoms with Gasteiger partial charge >= 0.3 is 12.1 Å². The van der Waals surface area contributed by atoms with E-state index in [1.807, 2.05) is 36.4 Å². The fourth-order valence-corrected chi connectivity index (χ4v) is 4.44. The molecule has 1 heterocycles. The van der Waals surface area contributed by atoms with Crippen LogP contribution in [0.2, 0.25) is 0 Å².